The second-order valence-electron chi connectivity index (χ2n) is 9.42. The van der Waals surface area contributed by atoms with Crippen molar-refractivity contribution in [3.05, 3.63) is 87.7 Å². The van der Waals surface area contributed by atoms with E-state index in [4.69, 9.17) is 21.3 Å². The first-order chi connectivity index (χ1) is 16.9. The molecule has 1 amide bonds. The summed E-state index contributed by atoms with van der Waals surface area (Å²) in [5.41, 5.74) is 6.69. The van der Waals surface area contributed by atoms with E-state index >= 15 is 0 Å². The number of likely N-dealkylation sites (tertiary alicyclic amines) is 1. The third-order valence-electron chi connectivity index (χ3n) is 6.94. The average molecular weight is 488 g/mol. The van der Waals surface area contributed by atoms with Gasteiger partial charge in [0.05, 0.1) is 24.2 Å². The lowest BCUT2D eigenvalue weighted by Crippen LogP contribution is -2.40. The summed E-state index contributed by atoms with van der Waals surface area (Å²) in [6, 6.07) is 18.0. The van der Waals surface area contributed by atoms with Crippen LogP contribution in [0.3, 0.4) is 0 Å². The number of hydrogen-bond donors (Lipinski definition) is 0. The molecule has 1 aromatic heterocycles. The Bertz CT molecular complexity index is 1380. The minimum atomic E-state index is -0.125. The second-order valence-corrected chi connectivity index (χ2v) is 9.86. The monoisotopic (exact) mass is 487 g/mol. The number of imidazole rings is 1. The van der Waals surface area contributed by atoms with Gasteiger partial charge in [-0.1, -0.05) is 17.7 Å². The van der Waals surface area contributed by atoms with E-state index in [9.17, 15) is 4.79 Å². The smallest absolute Gasteiger partial charge is 0.255 e. The molecular formula is C29H30ClN3O2. The molecule has 1 unspecified atom stereocenters. The van der Waals surface area contributed by atoms with Crippen LogP contribution in [-0.4, -0.2) is 34.0 Å². The van der Waals surface area contributed by atoms with Crippen LogP contribution in [0.4, 0.5) is 0 Å². The standard InChI is InChI=1S/C29H30ClN3O2/c1-18-8-13-25-24(15-18)31-28(33(25)22-9-11-23(35-4)12-10-22)26-7-5-6-14-32(26)29(34)27-19(2)16-21(30)17-20(27)3/h8-13,15-17,26H,5-7,14H2,1-4H3. The van der Waals surface area contributed by atoms with E-state index in [0.29, 0.717) is 11.6 Å². The van der Waals surface area contributed by atoms with Crippen molar-refractivity contribution < 1.29 is 9.53 Å². The normalized spacial score (nSPS) is 16.0. The molecule has 1 atom stereocenters. The molecule has 0 aliphatic carbocycles. The lowest BCUT2D eigenvalue weighted by molar-refractivity contribution is 0.0597. The first-order valence-electron chi connectivity index (χ1n) is 12.1. The topological polar surface area (TPSA) is 47.4 Å². The number of rotatable bonds is 4. The van der Waals surface area contributed by atoms with Crippen molar-refractivity contribution in [2.45, 2.75) is 46.1 Å². The molecule has 0 bridgehead atoms. The third kappa shape index (κ3) is 4.30. The Hall–Kier alpha value is -3.31. The summed E-state index contributed by atoms with van der Waals surface area (Å²) in [5.74, 6) is 1.75. The number of piperidine rings is 1. The van der Waals surface area contributed by atoms with Gasteiger partial charge < -0.3 is 9.64 Å². The lowest BCUT2D eigenvalue weighted by atomic mass is 9.96. The fourth-order valence-corrected chi connectivity index (χ4v) is 5.60. The SMILES string of the molecule is COc1ccc(-n2c(C3CCCCN3C(=O)c3c(C)cc(Cl)cc3C)nc3cc(C)ccc32)cc1. The molecule has 4 aromatic rings. The molecule has 2 heterocycles. The van der Waals surface area contributed by atoms with E-state index in [-0.39, 0.29) is 11.9 Å². The number of amides is 1. The van der Waals surface area contributed by atoms with Crippen LogP contribution in [0.25, 0.3) is 16.7 Å². The molecule has 0 N–H and O–H groups in total. The Morgan fingerprint density at radius 1 is 1.00 bits per heavy atom. The highest BCUT2D eigenvalue weighted by molar-refractivity contribution is 6.30. The number of fused-ring (bicyclic) bond motifs is 1. The maximum atomic E-state index is 14.0. The number of aryl methyl sites for hydroxylation is 3. The van der Waals surface area contributed by atoms with Crippen LogP contribution in [-0.2, 0) is 0 Å². The Balaban J connectivity index is 1.66. The van der Waals surface area contributed by atoms with Crippen molar-refractivity contribution in [2.24, 2.45) is 0 Å². The number of ether oxygens (including phenoxy) is 1. The van der Waals surface area contributed by atoms with Gasteiger partial charge in [0, 0.05) is 22.8 Å². The molecule has 5 rings (SSSR count). The van der Waals surface area contributed by atoms with Crippen molar-refractivity contribution >= 4 is 28.5 Å². The Labute approximate surface area is 211 Å². The molecular weight excluding hydrogens is 458 g/mol. The summed E-state index contributed by atoms with van der Waals surface area (Å²) in [4.78, 5) is 21.1. The van der Waals surface area contributed by atoms with Gasteiger partial charge in [-0.05, 0) is 105 Å². The van der Waals surface area contributed by atoms with Crippen LogP contribution in [0.1, 0.15) is 58.2 Å². The molecule has 1 aliphatic heterocycles. The van der Waals surface area contributed by atoms with Crippen molar-refractivity contribution in [2.75, 3.05) is 13.7 Å². The number of hydrogen-bond acceptors (Lipinski definition) is 3. The maximum absolute atomic E-state index is 14.0. The van der Waals surface area contributed by atoms with E-state index in [2.05, 4.69) is 29.7 Å². The zero-order valence-electron chi connectivity index (χ0n) is 20.6. The first kappa shape index (κ1) is 23.4. The summed E-state index contributed by atoms with van der Waals surface area (Å²) < 4.78 is 7.58. The molecule has 0 radical (unpaired) electrons. The summed E-state index contributed by atoms with van der Waals surface area (Å²) in [7, 11) is 1.67. The van der Waals surface area contributed by atoms with E-state index in [0.717, 1.165) is 69.8 Å². The van der Waals surface area contributed by atoms with Crippen molar-refractivity contribution in [1.29, 1.82) is 0 Å². The molecule has 1 aliphatic rings. The average Bonchev–Trinajstić information content (AvgIpc) is 3.21. The lowest BCUT2D eigenvalue weighted by Gasteiger charge is -2.36. The highest BCUT2D eigenvalue weighted by Crippen LogP contribution is 2.36. The van der Waals surface area contributed by atoms with Crippen LogP contribution in [0.5, 0.6) is 5.75 Å². The summed E-state index contributed by atoms with van der Waals surface area (Å²) >= 11 is 6.26. The highest BCUT2D eigenvalue weighted by Gasteiger charge is 2.34. The van der Waals surface area contributed by atoms with Crippen LogP contribution in [0.15, 0.2) is 54.6 Å². The third-order valence-corrected chi connectivity index (χ3v) is 7.16. The van der Waals surface area contributed by atoms with Crippen LogP contribution in [0.2, 0.25) is 5.02 Å². The van der Waals surface area contributed by atoms with Gasteiger partial charge in [0.25, 0.3) is 5.91 Å². The molecule has 0 spiro atoms. The Kier molecular flexibility index (Phi) is 6.28. The van der Waals surface area contributed by atoms with Gasteiger partial charge in [-0.3, -0.25) is 9.36 Å². The van der Waals surface area contributed by atoms with Gasteiger partial charge in [0.1, 0.15) is 11.6 Å². The number of carbonyl (C=O) groups excluding carboxylic acids is 1. The maximum Gasteiger partial charge on any atom is 0.255 e. The number of aromatic nitrogens is 2. The van der Waals surface area contributed by atoms with Gasteiger partial charge in [-0.25, -0.2) is 4.98 Å². The minimum absolute atomic E-state index is 0.0471. The molecule has 5 nitrogen and oxygen atoms in total. The molecule has 6 heteroatoms. The van der Waals surface area contributed by atoms with E-state index < -0.39 is 0 Å². The first-order valence-corrected chi connectivity index (χ1v) is 12.5. The second kappa shape index (κ2) is 9.38. The molecule has 3 aromatic carbocycles. The molecule has 35 heavy (non-hydrogen) atoms. The number of benzene rings is 3. The van der Waals surface area contributed by atoms with Gasteiger partial charge in [0.2, 0.25) is 0 Å². The molecule has 1 saturated heterocycles. The summed E-state index contributed by atoms with van der Waals surface area (Å²) in [6.45, 7) is 6.70. The molecule has 180 valence electrons. The van der Waals surface area contributed by atoms with E-state index in [1.165, 1.54) is 0 Å². The fourth-order valence-electron chi connectivity index (χ4n) is 5.27. The zero-order valence-corrected chi connectivity index (χ0v) is 21.4. The molecule has 1 fully saturated rings. The van der Waals surface area contributed by atoms with Gasteiger partial charge in [-0.2, -0.15) is 0 Å². The predicted octanol–water partition coefficient (Wildman–Crippen LogP) is 6.98. The van der Waals surface area contributed by atoms with Crippen molar-refractivity contribution in [3.63, 3.8) is 0 Å². The summed E-state index contributed by atoms with van der Waals surface area (Å²) in [5, 5.41) is 0.656. The van der Waals surface area contributed by atoms with Crippen LogP contribution in [0, 0.1) is 20.8 Å². The van der Waals surface area contributed by atoms with E-state index in [1.807, 2.05) is 55.1 Å². The zero-order chi connectivity index (χ0) is 24.7. The minimum Gasteiger partial charge on any atom is -0.497 e. The number of halogens is 1. The Morgan fingerprint density at radius 3 is 2.40 bits per heavy atom. The number of nitrogens with zero attached hydrogens (tertiary/aromatic N) is 3. The highest BCUT2D eigenvalue weighted by atomic mass is 35.5. The van der Waals surface area contributed by atoms with Gasteiger partial charge in [0.15, 0.2) is 0 Å². The van der Waals surface area contributed by atoms with Gasteiger partial charge in [-0.15, -0.1) is 0 Å². The van der Waals surface area contributed by atoms with Crippen molar-refractivity contribution in [1.82, 2.24) is 14.5 Å². The largest absolute Gasteiger partial charge is 0.497 e. The molecule has 0 saturated carbocycles. The van der Waals surface area contributed by atoms with Gasteiger partial charge >= 0.3 is 0 Å². The van der Waals surface area contributed by atoms with Crippen LogP contribution < -0.4 is 4.74 Å². The Morgan fingerprint density at radius 2 is 1.71 bits per heavy atom. The number of carbonyl (C=O) groups is 1. The van der Waals surface area contributed by atoms with E-state index in [1.54, 1.807) is 7.11 Å². The van der Waals surface area contributed by atoms with Crippen LogP contribution >= 0.6 is 11.6 Å². The fraction of sp³-hybridized carbons (Fsp3) is 0.310. The predicted molar refractivity (Wildman–Crippen MR) is 141 cm³/mol. The number of methoxy groups -OCH3 is 1. The van der Waals surface area contributed by atoms with Crippen molar-refractivity contribution in [3.8, 4) is 11.4 Å². The summed E-state index contributed by atoms with van der Waals surface area (Å²) in [6.07, 6.45) is 2.91. The quantitative estimate of drug-likeness (QED) is 0.312.